The van der Waals surface area contributed by atoms with Crippen LogP contribution in [-0.4, -0.2) is 41.1 Å². The Morgan fingerprint density at radius 1 is 1.19 bits per heavy atom. The van der Waals surface area contributed by atoms with Crippen LogP contribution in [0, 0.1) is 6.92 Å². The van der Waals surface area contributed by atoms with Crippen molar-refractivity contribution in [3.63, 3.8) is 0 Å². The fourth-order valence-corrected chi connectivity index (χ4v) is 4.54. The lowest BCUT2D eigenvalue weighted by Crippen LogP contribution is -2.15. The van der Waals surface area contributed by atoms with Crippen molar-refractivity contribution in [2.24, 2.45) is 0 Å². The van der Waals surface area contributed by atoms with E-state index in [4.69, 9.17) is 11.6 Å². The Bertz CT molecular complexity index is 1210. The van der Waals surface area contributed by atoms with Crippen molar-refractivity contribution in [1.82, 2.24) is 14.8 Å². The highest BCUT2D eigenvalue weighted by Crippen LogP contribution is 2.27. The minimum Gasteiger partial charge on any atom is -0.324 e. The largest absolute Gasteiger partial charge is 0.324 e. The summed E-state index contributed by atoms with van der Waals surface area (Å²) in [5.41, 5.74) is 2.36. The van der Waals surface area contributed by atoms with Gasteiger partial charge in [-0.2, -0.15) is 0 Å². The van der Waals surface area contributed by atoms with E-state index in [1.54, 1.807) is 0 Å². The lowest BCUT2D eigenvalue weighted by atomic mass is 10.1. The molecule has 0 fully saturated rings. The normalized spacial score (nSPS) is 11.5. The van der Waals surface area contributed by atoms with Gasteiger partial charge in [0.15, 0.2) is 20.8 Å². The summed E-state index contributed by atoms with van der Waals surface area (Å²) < 4.78 is 25.5. The molecule has 0 spiro atoms. The van der Waals surface area contributed by atoms with Gasteiger partial charge in [-0.05, 0) is 37.6 Å². The summed E-state index contributed by atoms with van der Waals surface area (Å²) in [5, 5.41) is 12.2. The molecule has 0 aliphatic heterocycles. The predicted molar refractivity (Wildman–Crippen MR) is 124 cm³/mol. The van der Waals surface area contributed by atoms with Gasteiger partial charge in [-0.25, -0.2) is 8.42 Å². The van der Waals surface area contributed by atoms with Crippen LogP contribution in [0.15, 0.2) is 52.5 Å². The van der Waals surface area contributed by atoms with E-state index >= 15 is 0 Å². The number of thioether (sulfide) groups is 1. The lowest BCUT2D eigenvalue weighted by molar-refractivity contribution is -0.113. The fourth-order valence-electron chi connectivity index (χ4n) is 2.97. The summed E-state index contributed by atoms with van der Waals surface area (Å²) >= 11 is 7.38. The second-order valence-corrected chi connectivity index (χ2v) is 10.4. The third kappa shape index (κ3) is 5.87. The Balaban J connectivity index is 1.75. The topological polar surface area (TPSA) is 94.0 Å². The zero-order valence-corrected chi connectivity index (χ0v) is 19.8. The highest BCUT2D eigenvalue weighted by atomic mass is 35.5. The molecule has 2 aromatic carbocycles. The molecule has 1 aromatic heterocycles. The van der Waals surface area contributed by atoms with Crippen molar-refractivity contribution in [3.05, 3.63) is 53.1 Å². The second kappa shape index (κ2) is 9.84. The summed E-state index contributed by atoms with van der Waals surface area (Å²) in [6, 6.07) is 12.2. The smallest absolute Gasteiger partial charge is 0.234 e. The van der Waals surface area contributed by atoms with Crippen molar-refractivity contribution in [1.29, 1.82) is 0 Å². The lowest BCUT2D eigenvalue weighted by Gasteiger charge is -2.10. The van der Waals surface area contributed by atoms with Crippen LogP contribution in [0.4, 0.5) is 5.69 Å². The first-order chi connectivity index (χ1) is 14.7. The molecule has 3 aromatic rings. The van der Waals surface area contributed by atoms with Gasteiger partial charge in [0.05, 0.1) is 21.4 Å². The molecule has 0 aliphatic carbocycles. The Morgan fingerprint density at radius 3 is 2.65 bits per heavy atom. The van der Waals surface area contributed by atoms with E-state index in [2.05, 4.69) is 22.4 Å². The molecule has 10 heteroatoms. The van der Waals surface area contributed by atoms with Gasteiger partial charge in [-0.3, -0.25) is 4.79 Å². The minimum absolute atomic E-state index is 0.0785. The van der Waals surface area contributed by atoms with Crippen LogP contribution in [0.5, 0.6) is 0 Å². The number of hydrogen-bond donors (Lipinski definition) is 1. The van der Waals surface area contributed by atoms with E-state index in [9.17, 15) is 13.2 Å². The maximum atomic E-state index is 12.5. The van der Waals surface area contributed by atoms with Crippen LogP contribution in [-0.2, 0) is 21.2 Å². The molecular formula is C21H23ClN4O3S2. The van der Waals surface area contributed by atoms with E-state index in [0.717, 1.165) is 36.2 Å². The van der Waals surface area contributed by atoms with Crippen molar-refractivity contribution < 1.29 is 13.2 Å². The van der Waals surface area contributed by atoms with Crippen LogP contribution in [0.3, 0.4) is 0 Å². The number of nitrogens with zero attached hydrogens (tertiary/aromatic N) is 3. The van der Waals surface area contributed by atoms with Gasteiger partial charge in [0, 0.05) is 18.4 Å². The van der Waals surface area contributed by atoms with Gasteiger partial charge in [-0.15, -0.1) is 10.2 Å². The fraction of sp³-hybridized carbons (Fsp3) is 0.286. The Hall–Kier alpha value is -2.36. The van der Waals surface area contributed by atoms with Crippen LogP contribution in [0.2, 0.25) is 5.02 Å². The first kappa shape index (κ1) is 23.3. The molecular weight excluding hydrogens is 456 g/mol. The highest BCUT2D eigenvalue weighted by molar-refractivity contribution is 7.99. The molecule has 0 saturated carbocycles. The molecule has 0 aliphatic rings. The molecule has 1 heterocycles. The Kier molecular flexibility index (Phi) is 7.40. The van der Waals surface area contributed by atoms with Crippen LogP contribution in [0.25, 0.3) is 11.4 Å². The molecule has 1 amide bonds. The monoisotopic (exact) mass is 478 g/mol. The van der Waals surface area contributed by atoms with Gasteiger partial charge >= 0.3 is 0 Å². The molecule has 0 atom stereocenters. The SMILES string of the molecule is CCCn1c(SCC(=O)Nc2cc(S(C)(=O)=O)ccc2Cl)nnc1-c1cccc(C)c1. The maximum absolute atomic E-state index is 12.5. The highest BCUT2D eigenvalue weighted by Gasteiger charge is 2.17. The first-order valence-corrected chi connectivity index (χ1v) is 12.9. The molecule has 0 saturated heterocycles. The molecule has 3 rings (SSSR count). The second-order valence-electron chi connectivity index (χ2n) is 7.08. The number of hydrogen-bond acceptors (Lipinski definition) is 6. The average Bonchev–Trinajstić information content (AvgIpc) is 3.10. The van der Waals surface area contributed by atoms with Crippen molar-refractivity contribution in [2.45, 2.75) is 36.9 Å². The number of anilines is 1. The first-order valence-electron chi connectivity index (χ1n) is 9.61. The number of aryl methyl sites for hydroxylation is 1. The molecule has 1 N–H and O–H groups in total. The van der Waals surface area contributed by atoms with Gasteiger partial charge in [0.25, 0.3) is 0 Å². The van der Waals surface area contributed by atoms with Crippen molar-refractivity contribution in [3.8, 4) is 11.4 Å². The number of amides is 1. The quantitative estimate of drug-likeness (QED) is 0.480. The summed E-state index contributed by atoms with van der Waals surface area (Å²) in [4.78, 5) is 12.6. The predicted octanol–water partition coefficient (Wildman–Crippen LogP) is 4.45. The van der Waals surface area contributed by atoms with Crippen LogP contribution < -0.4 is 5.32 Å². The van der Waals surface area contributed by atoms with Crippen LogP contribution >= 0.6 is 23.4 Å². The number of carbonyl (C=O) groups excluding carboxylic acids is 1. The van der Waals surface area contributed by atoms with Gasteiger partial charge in [0.2, 0.25) is 5.91 Å². The molecule has 164 valence electrons. The Morgan fingerprint density at radius 2 is 1.97 bits per heavy atom. The zero-order valence-electron chi connectivity index (χ0n) is 17.4. The van der Waals surface area contributed by atoms with E-state index in [1.165, 1.54) is 30.0 Å². The van der Waals surface area contributed by atoms with Crippen molar-refractivity contribution in [2.75, 3.05) is 17.3 Å². The third-order valence-electron chi connectivity index (χ3n) is 4.41. The zero-order chi connectivity index (χ0) is 22.6. The molecule has 0 radical (unpaired) electrons. The molecule has 0 bridgehead atoms. The van der Waals surface area contributed by atoms with E-state index in [-0.39, 0.29) is 27.3 Å². The van der Waals surface area contributed by atoms with Gasteiger partial charge in [-0.1, -0.05) is 54.0 Å². The molecule has 7 nitrogen and oxygen atoms in total. The summed E-state index contributed by atoms with van der Waals surface area (Å²) in [7, 11) is -3.41. The number of rotatable bonds is 8. The maximum Gasteiger partial charge on any atom is 0.234 e. The number of sulfone groups is 1. The standard InChI is InChI=1S/C21H23ClN4O3S2/c1-4-10-26-20(15-7-5-6-14(2)11-15)24-25-21(26)30-13-19(27)23-18-12-16(31(3,28)29)8-9-17(18)22/h5-9,11-12H,4,10,13H2,1-3H3,(H,23,27). The molecule has 0 unspecified atom stereocenters. The number of nitrogens with one attached hydrogen (secondary N) is 1. The van der Waals surface area contributed by atoms with E-state index in [0.29, 0.717) is 5.16 Å². The minimum atomic E-state index is -3.41. The third-order valence-corrected chi connectivity index (χ3v) is 6.82. The molecule has 31 heavy (non-hydrogen) atoms. The number of carbonyl (C=O) groups is 1. The summed E-state index contributed by atoms with van der Waals surface area (Å²) in [6.45, 7) is 4.81. The van der Waals surface area contributed by atoms with Gasteiger partial charge in [0.1, 0.15) is 0 Å². The van der Waals surface area contributed by atoms with Gasteiger partial charge < -0.3 is 9.88 Å². The number of halogens is 1. The summed E-state index contributed by atoms with van der Waals surface area (Å²) in [5.74, 6) is 0.521. The Labute approximate surface area is 191 Å². The average molecular weight is 479 g/mol. The number of benzene rings is 2. The van der Waals surface area contributed by atoms with E-state index in [1.807, 2.05) is 35.8 Å². The van der Waals surface area contributed by atoms with Crippen molar-refractivity contribution >= 4 is 44.8 Å². The summed E-state index contributed by atoms with van der Waals surface area (Å²) in [6.07, 6.45) is 1.99. The van der Waals surface area contributed by atoms with E-state index < -0.39 is 9.84 Å². The van der Waals surface area contributed by atoms with Crippen LogP contribution in [0.1, 0.15) is 18.9 Å². The number of aromatic nitrogens is 3.